The molecule has 0 spiro atoms. The predicted octanol–water partition coefficient (Wildman–Crippen LogP) is 3.28. The first-order valence-electron chi connectivity index (χ1n) is 9.71. The summed E-state index contributed by atoms with van der Waals surface area (Å²) in [6, 6.07) is 10.9. The van der Waals surface area contributed by atoms with E-state index in [4.69, 9.17) is 0 Å². The zero-order chi connectivity index (χ0) is 17.9. The SMILES string of the molecule is CN=C(NCC1CC1c1ccccc1)N1CCC(Cc2cnn(C)c2)C1.I. The number of likely N-dealkylation sites (tertiary alicyclic amines) is 1. The Kier molecular flexibility index (Phi) is 6.78. The molecule has 1 aromatic carbocycles. The molecule has 0 amide bonds. The number of nitrogens with zero attached hydrogens (tertiary/aromatic N) is 4. The smallest absolute Gasteiger partial charge is 0.193 e. The molecule has 1 aliphatic carbocycles. The average molecular weight is 479 g/mol. The third-order valence-electron chi connectivity index (χ3n) is 5.75. The van der Waals surface area contributed by atoms with E-state index < -0.39 is 0 Å². The van der Waals surface area contributed by atoms with E-state index in [1.165, 1.54) is 24.0 Å². The van der Waals surface area contributed by atoms with Crippen LogP contribution in [-0.4, -0.2) is 47.3 Å². The fourth-order valence-corrected chi connectivity index (χ4v) is 4.24. The molecule has 1 aromatic heterocycles. The van der Waals surface area contributed by atoms with Gasteiger partial charge in [0.1, 0.15) is 0 Å². The molecule has 1 saturated carbocycles. The summed E-state index contributed by atoms with van der Waals surface area (Å²) < 4.78 is 1.89. The first-order chi connectivity index (χ1) is 12.7. The van der Waals surface area contributed by atoms with E-state index in [2.05, 4.69) is 56.8 Å². The van der Waals surface area contributed by atoms with E-state index >= 15 is 0 Å². The summed E-state index contributed by atoms with van der Waals surface area (Å²) in [5.74, 6) is 3.22. The van der Waals surface area contributed by atoms with Gasteiger partial charge in [-0.3, -0.25) is 9.67 Å². The summed E-state index contributed by atoms with van der Waals surface area (Å²) in [5, 5.41) is 7.90. The number of nitrogens with one attached hydrogen (secondary N) is 1. The molecule has 2 fully saturated rings. The van der Waals surface area contributed by atoms with E-state index in [0.717, 1.165) is 43.9 Å². The second kappa shape index (κ2) is 9.08. The number of hydrogen-bond donors (Lipinski definition) is 1. The van der Waals surface area contributed by atoms with Gasteiger partial charge in [0, 0.05) is 39.9 Å². The molecular weight excluding hydrogens is 449 g/mol. The minimum Gasteiger partial charge on any atom is -0.356 e. The molecule has 6 heteroatoms. The highest BCUT2D eigenvalue weighted by Gasteiger charge is 2.38. The van der Waals surface area contributed by atoms with Gasteiger partial charge in [-0.1, -0.05) is 30.3 Å². The third kappa shape index (κ3) is 5.03. The molecular formula is C21H30IN5. The normalized spacial score (nSPS) is 24.6. The lowest BCUT2D eigenvalue weighted by atomic mass is 10.0. The molecule has 0 radical (unpaired) electrons. The van der Waals surface area contributed by atoms with Crippen molar-refractivity contribution in [1.29, 1.82) is 0 Å². The van der Waals surface area contributed by atoms with Crippen LogP contribution in [0.25, 0.3) is 0 Å². The van der Waals surface area contributed by atoms with Crippen molar-refractivity contribution in [3.05, 3.63) is 53.9 Å². The Morgan fingerprint density at radius 3 is 2.81 bits per heavy atom. The van der Waals surface area contributed by atoms with Crippen molar-refractivity contribution in [1.82, 2.24) is 20.0 Å². The van der Waals surface area contributed by atoms with Crippen molar-refractivity contribution < 1.29 is 0 Å². The van der Waals surface area contributed by atoms with Crippen molar-refractivity contribution in [3.8, 4) is 0 Å². The lowest BCUT2D eigenvalue weighted by Crippen LogP contribution is -2.41. The van der Waals surface area contributed by atoms with Gasteiger partial charge in [0.2, 0.25) is 0 Å². The molecule has 146 valence electrons. The predicted molar refractivity (Wildman–Crippen MR) is 121 cm³/mol. The fourth-order valence-electron chi connectivity index (χ4n) is 4.24. The van der Waals surface area contributed by atoms with Crippen LogP contribution >= 0.6 is 24.0 Å². The van der Waals surface area contributed by atoms with Gasteiger partial charge in [-0.25, -0.2) is 0 Å². The van der Waals surface area contributed by atoms with Crippen molar-refractivity contribution in [2.45, 2.75) is 25.2 Å². The van der Waals surface area contributed by atoms with Crippen LogP contribution in [0, 0.1) is 11.8 Å². The summed E-state index contributed by atoms with van der Waals surface area (Å²) in [7, 11) is 3.88. The van der Waals surface area contributed by atoms with Crippen molar-refractivity contribution in [2.24, 2.45) is 23.9 Å². The van der Waals surface area contributed by atoms with Crippen LogP contribution in [-0.2, 0) is 13.5 Å². The van der Waals surface area contributed by atoms with Gasteiger partial charge < -0.3 is 10.2 Å². The first-order valence-corrected chi connectivity index (χ1v) is 9.71. The number of guanidine groups is 1. The van der Waals surface area contributed by atoms with E-state index in [-0.39, 0.29) is 24.0 Å². The van der Waals surface area contributed by atoms with Crippen LogP contribution in [0.3, 0.4) is 0 Å². The Hall–Kier alpha value is -1.57. The first kappa shape index (κ1) is 20.2. The topological polar surface area (TPSA) is 45.5 Å². The van der Waals surface area contributed by atoms with Gasteiger partial charge in [0.15, 0.2) is 5.96 Å². The molecule has 3 atom stereocenters. The zero-order valence-corrected chi connectivity index (χ0v) is 18.5. The summed E-state index contributed by atoms with van der Waals surface area (Å²) in [5.41, 5.74) is 2.82. The van der Waals surface area contributed by atoms with Crippen molar-refractivity contribution in [3.63, 3.8) is 0 Å². The standard InChI is InChI=1S/C21H29N5.HI/c1-22-21(23-13-19-11-20(19)18-6-4-3-5-7-18)26-9-8-16(15-26)10-17-12-24-25(2)14-17;/h3-7,12,14,16,19-20H,8-11,13,15H2,1-2H3,(H,22,23);1H. The van der Waals surface area contributed by atoms with Crippen LogP contribution in [0.5, 0.6) is 0 Å². The van der Waals surface area contributed by atoms with E-state index in [9.17, 15) is 0 Å². The van der Waals surface area contributed by atoms with Crippen molar-refractivity contribution >= 4 is 29.9 Å². The molecule has 4 rings (SSSR count). The van der Waals surface area contributed by atoms with E-state index in [1.54, 1.807) is 0 Å². The molecule has 1 saturated heterocycles. The summed E-state index contributed by atoms with van der Waals surface area (Å²) >= 11 is 0. The van der Waals surface area contributed by atoms with Crippen LogP contribution in [0.15, 0.2) is 47.7 Å². The molecule has 3 unspecified atom stereocenters. The highest BCUT2D eigenvalue weighted by Crippen LogP contribution is 2.46. The highest BCUT2D eigenvalue weighted by molar-refractivity contribution is 14.0. The molecule has 1 N–H and O–H groups in total. The van der Waals surface area contributed by atoms with Crippen LogP contribution in [0.4, 0.5) is 0 Å². The fraction of sp³-hybridized carbons (Fsp3) is 0.524. The molecule has 2 heterocycles. The number of aryl methyl sites for hydroxylation is 1. The van der Waals surface area contributed by atoms with Crippen molar-refractivity contribution in [2.75, 3.05) is 26.7 Å². The zero-order valence-electron chi connectivity index (χ0n) is 16.2. The summed E-state index contributed by atoms with van der Waals surface area (Å²) in [6.07, 6.45) is 7.75. The Morgan fingerprint density at radius 1 is 1.30 bits per heavy atom. The maximum absolute atomic E-state index is 4.53. The van der Waals surface area contributed by atoms with Crippen LogP contribution in [0.1, 0.15) is 29.9 Å². The van der Waals surface area contributed by atoms with Crippen LogP contribution in [0.2, 0.25) is 0 Å². The van der Waals surface area contributed by atoms with Gasteiger partial charge in [-0.2, -0.15) is 5.10 Å². The Bertz CT molecular complexity index is 757. The molecule has 1 aliphatic heterocycles. The van der Waals surface area contributed by atoms with Gasteiger partial charge >= 0.3 is 0 Å². The highest BCUT2D eigenvalue weighted by atomic mass is 127. The van der Waals surface area contributed by atoms with Crippen LogP contribution < -0.4 is 5.32 Å². The monoisotopic (exact) mass is 479 g/mol. The number of aliphatic imine (C=N–C) groups is 1. The minimum atomic E-state index is 0. The number of benzene rings is 1. The second-order valence-electron chi connectivity index (χ2n) is 7.77. The molecule has 5 nitrogen and oxygen atoms in total. The molecule has 27 heavy (non-hydrogen) atoms. The second-order valence-corrected chi connectivity index (χ2v) is 7.77. The Morgan fingerprint density at radius 2 is 2.11 bits per heavy atom. The molecule has 2 aliphatic rings. The Labute approximate surface area is 179 Å². The quantitative estimate of drug-likeness (QED) is 0.407. The maximum atomic E-state index is 4.53. The molecule has 0 bridgehead atoms. The Balaban J connectivity index is 0.00000210. The average Bonchev–Trinajstić information content (AvgIpc) is 3.10. The van der Waals surface area contributed by atoms with Gasteiger partial charge in [-0.15, -0.1) is 24.0 Å². The number of rotatable bonds is 5. The number of halogens is 1. The largest absolute Gasteiger partial charge is 0.356 e. The summed E-state index contributed by atoms with van der Waals surface area (Å²) in [4.78, 5) is 6.95. The summed E-state index contributed by atoms with van der Waals surface area (Å²) in [6.45, 7) is 3.20. The van der Waals surface area contributed by atoms with E-state index in [1.807, 2.05) is 25.0 Å². The van der Waals surface area contributed by atoms with E-state index in [0.29, 0.717) is 5.92 Å². The third-order valence-corrected chi connectivity index (χ3v) is 5.75. The lowest BCUT2D eigenvalue weighted by Gasteiger charge is -2.21. The van der Waals surface area contributed by atoms with Gasteiger partial charge in [0.05, 0.1) is 6.20 Å². The van der Waals surface area contributed by atoms with Gasteiger partial charge in [0.25, 0.3) is 0 Å². The van der Waals surface area contributed by atoms with Gasteiger partial charge in [-0.05, 0) is 48.1 Å². The minimum absolute atomic E-state index is 0. The number of aromatic nitrogens is 2. The maximum Gasteiger partial charge on any atom is 0.193 e. The number of hydrogen-bond acceptors (Lipinski definition) is 2. The lowest BCUT2D eigenvalue weighted by molar-refractivity contribution is 0.458. The molecule has 2 aromatic rings.